The van der Waals surface area contributed by atoms with Gasteiger partial charge in [-0.05, 0) is 41.8 Å². The van der Waals surface area contributed by atoms with Crippen molar-refractivity contribution in [2.75, 3.05) is 20.8 Å². The molecule has 0 saturated carbocycles. The Morgan fingerprint density at radius 2 is 1.68 bits per heavy atom. The van der Waals surface area contributed by atoms with Crippen LogP contribution < -0.4 is 9.47 Å². The van der Waals surface area contributed by atoms with Gasteiger partial charge in [0.05, 0.1) is 31.7 Å². The second-order valence-corrected chi connectivity index (χ2v) is 7.10. The summed E-state index contributed by atoms with van der Waals surface area (Å²) in [4.78, 5) is 14.5. The van der Waals surface area contributed by atoms with Crippen LogP contribution in [-0.4, -0.2) is 41.4 Å². The van der Waals surface area contributed by atoms with Gasteiger partial charge in [-0.1, -0.05) is 18.2 Å². The summed E-state index contributed by atoms with van der Waals surface area (Å²) in [6.45, 7) is 0.456. The maximum atomic E-state index is 13.9. The summed E-state index contributed by atoms with van der Waals surface area (Å²) in [5, 5.41) is 3.88. The number of carbonyl (C=O) groups is 1. The third-order valence-electron chi connectivity index (χ3n) is 5.27. The number of alkyl halides is 3. The summed E-state index contributed by atoms with van der Waals surface area (Å²) >= 11 is 0. The van der Waals surface area contributed by atoms with Crippen LogP contribution in [0.3, 0.4) is 0 Å². The Kier molecular flexibility index (Phi) is 5.34. The smallest absolute Gasteiger partial charge is 0.434 e. The van der Waals surface area contributed by atoms with Crippen LogP contribution in [0.15, 0.2) is 48.7 Å². The second kappa shape index (κ2) is 7.98. The number of rotatable bonds is 4. The highest BCUT2D eigenvalue weighted by Crippen LogP contribution is 2.36. The molecule has 31 heavy (non-hydrogen) atoms. The highest BCUT2D eigenvalue weighted by molar-refractivity contribution is 5.95. The number of nitrogens with zero attached hydrogens (tertiary/aromatic N) is 3. The van der Waals surface area contributed by atoms with E-state index in [0.29, 0.717) is 17.9 Å². The van der Waals surface area contributed by atoms with Crippen LogP contribution in [0.1, 0.15) is 27.2 Å². The van der Waals surface area contributed by atoms with Crippen molar-refractivity contribution < 1.29 is 27.4 Å². The van der Waals surface area contributed by atoms with E-state index >= 15 is 0 Å². The molecule has 0 spiro atoms. The first kappa shape index (κ1) is 20.8. The third kappa shape index (κ3) is 3.83. The summed E-state index contributed by atoms with van der Waals surface area (Å²) in [5.74, 6) is 0.364. The van der Waals surface area contributed by atoms with Crippen LogP contribution in [0.2, 0.25) is 0 Å². The van der Waals surface area contributed by atoms with Crippen LogP contribution in [0.4, 0.5) is 13.2 Å². The highest BCUT2D eigenvalue weighted by Gasteiger charge is 2.41. The van der Waals surface area contributed by atoms with E-state index in [1.807, 2.05) is 6.07 Å². The first-order valence-corrected chi connectivity index (χ1v) is 9.57. The van der Waals surface area contributed by atoms with Crippen molar-refractivity contribution in [2.24, 2.45) is 0 Å². The molecule has 0 saturated heterocycles. The van der Waals surface area contributed by atoms with Crippen LogP contribution in [-0.2, 0) is 19.1 Å². The Hall–Kier alpha value is -3.49. The first-order chi connectivity index (χ1) is 14.8. The lowest BCUT2D eigenvalue weighted by molar-refractivity contribution is -0.143. The number of hydrogen-bond donors (Lipinski definition) is 0. The molecule has 0 aliphatic carbocycles. The van der Waals surface area contributed by atoms with Gasteiger partial charge in [-0.25, -0.2) is 4.68 Å². The number of hydrogen-bond acceptors (Lipinski definition) is 4. The number of para-hydroxylation sites is 1. The number of methoxy groups -OCH3 is 2. The van der Waals surface area contributed by atoms with Crippen molar-refractivity contribution in [1.29, 1.82) is 0 Å². The average Bonchev–Trinajstić information content (AvgIpc) is 3.23. The molecule has 0 bridgehead atoms. The highest BCUT2D eigenvalue weighted by atomic mass is 19.4. The molecule has 0 fully saturated rings. The first-order valence-electron chi connectivity index (χ1n) is 9.57. The zero-order chi connectivity index (χ0) is 22.2. The lowest BCUT2D eigenvalue weighted by Crippen LogP contribution is -2.37. The van der Waals surface area contributed by atoms with Crippen molar-refractivity contribution in [2.45, 2.75) is 19.1 Å². The molecular formula is C22H20F3N3O3. The van der Waals surface area contributed by atoms with Crippen LogP contribution >= 0.6 is 0 Å². The number of carbonyl (C=O) groups excluding carboxylic acids is 1. The van der Waals surface area contributed by atoms with Gasteiger partial charge in [-0.15, -0.1) is 0 Å². The molecule has 4 rings (SSSR count). The number of benzene rings is 2. The summed E-state index contributed by atoms with van der Waals surface area (Å²) < 4.78 is 53.1. The van der Waals surface area contributed by atoms with Gasteiger partial charge in [0.25, 0.3) is 5.91 Å². The van der Waals surface area contributed by atoms with Gasteiger partial charge in [0, 0.05) is 13.1 Å². The third-order valence-corrected chi connectivity index (χ3v) is 5.27. The van der Waals surface area contributed by atoms with Crippen LogP contribution in [0.5, 0.6) is 11.5 Å². The Balaban J connectivity index is 1.69. The minimum Gasteiger partial charge on any atom is -0.493 e. The molecule has 3 aromatic rings. The topological polar surface area (TPSA) is 56.6 Å². The van der Waals surface area contributed by atoms with Crippen molar-refractivity contribution in [1.82, 2.24) is 14.7 Å². The number of halogens is 3. The fourth-order valence-corrected chi connectivity index (χ4v) is 3.77. The maximum absolute atomic E-state index is 13.9. The second-order valence-electron chi connectivity index (χ2n) is 7.10. The molecule has 9 heteroatoms. The average molecular weight is 431 g/mol. The zero-order valence-electron chi connectivity index (χ0n) is 16.9. The lowest BCUT2D eigenvalue weighted by Gasteiger charge is -2.29. The van der Waals surface area contributed by atoms with E-state index in [9.17, 15) is 18.0 Å². The Morgan fingerprint density at radius 1 is 1.03 bits per heavy atom. The molecule has 0 N–H and O–H groups in total. The molecule has 0 radical (unpaired) electrons. The summed E-state index contributed by atoms with van der Waals surface area (Å²) in [7, 11) is 3.04. The molecule has 1 aliphatic rings. The number of fused-ring (bicyclic) bond motifs is 1. The molecule has 1 amide bonds. The van der Waals surface area contributed by atoms with E-state index in [2.05, 4.69) is 5.10 Å². The lowest BCUT2D eigenvalue weighted by atomic mass is 9.98. The van der Waals surface area contributed by atoms with Gasteiger partial charge < -0.3 is 14.4 Å². The monoisotopic (exact) mass is 431 g/mol. The number of amides is 1. The van der Waals surface area contributed by atoms with Gasteiger partial charge >= 0.3 is 6.18 Å². The molecule has 2 heterocycles. The Labute approximate surface area is 176 Å². The molecule has 2 aromatic carbocycles. The van der Waals surface area contributed by atoms with Gasteiger partial charge in [0.15, 0.2) is 17.2 Å². The predicted molar refractivity (Wildman–Crippen MR) is 107 cm³/mol. The number of ether oxygens (including phenoxy) is 2. The Morgan fingerprint density at radius 3 is 2.29 bits per heavy atom. The Bertz CT molecular complexity index is 1110. The van der Waals surface area contributed by atoms with Gasteiger partial charge in [-0.3, -0.25) is 4.79 Å². The van der Waals surface area contributed by atoms with Crippen LogP contribution in [0.25, 0.3) is 5.69 Å². The fourth-order valence-electron chi connectivity index (χ4n) is 3.77. The minimum absolute atomic E-state index is 0.169. The molecule has 6 nitrogen and oxygen atoms in total. The van der Waals surface area contributed by atoms with E-state index in [-0.39, 0.29) is 18.8 Å². The minimum atomic E-state index is -4.75. The van der Waals surface area contributed by atoms with Crippen molar-refractivity contribution in [3.05, 3.63) is 71.0 Å². The van der Waals surface area contributed by atoms with Gasteiger partial charge in [0.2, 0.25) is 0 Å². The summed E-state index contributed by atoms with van der Waals surface area (Å²) in [5.41, 5.74) is 0.454. The molecular weight excluding hydrogens is 411 g/mol. The van der Waals surface area contributed by atoms with E-state index in [1.54, 1.807) is 24.3 Å². The fraction of sp³-hybridized carbons (Fsp3) is 0.273. The van der Waals surface area contributed by atoms with E-state index in [0.717, 1.165) is 22.0 Å². The quantitative estimate of drug-likeness (QED) is 0.624. The van der Waals surface area contributed by atoms with Crippen molar-refractivity contribution in [3.63, 3.8) is 0 Å². The predicted octanol–water partition coefficient (Wildman–Crippen LogP) is 4.11. The SMILES string of the molecule is COc1cc2c(cc1OC)CN(C(=O)c1cnn(-c3ccccc3)c1C(F)(F)F)CC2. The standard InChI is InChI=1S/C22H20F3N3O3/c1-30-18-10-14-8-9-27(13-15(14)11-19(18)31-2)21(29)17-12-26-28(20(17)22(23,24)25)16-6-4-3-5-7-16/h3-7,10-12H,8-9,13H2,1-2H3. The zero-order valence-corrected chi connectivity index (χ0v) is 16.9. The molecule has 0 atom stereocenters. The summed E-state index contributed by atoms with van der Waals surface area (Å²) in [6.07, 6.45) is -3.26. The normalized spacial score (nSPS) is 13.6. The van der Waals surface area contributed by atoms with E-state index in [1.165, 1.54) is 31.3 Å². The van der Waals surface area contributed by atoms with Crippen molar-refractivity contribution in [3.8, 4) is 17.2 Å². The van der Waals surface area contributed by atoms with Crippen LogP contribution in [0, 0.1) is 0 Å². The molecule has 1 aromatic heterocycles. The molecule has 162 valence electrons. The number of aromatic nitrogens is 2. The van der Waals surface area contributed by atoms with Gasteiger partial charge in [-0.2, -0.15) is 18.3 Å². The van der Waals surface area contributed by atoms with Crippen molar-refractivity contribution >= 4 is 5.91 Å². The van der Waals surface area contributed by atoms with E-state index in [4.69, 9.17) is 9.47 Å². The largest absolute Gasteiger partial charge is 0.493 e. The molecule has 1 aliphatic heterocycles. The maximum Gasteiger partial charge on any atom is 0.434 e. The van der Waals surface area contributed by atoms with E-state index < -0.39 is 23.3 Å². The summed E-state index contributed by atoms with van der Waals surface area (Å²) in [6, 6.07) is 11.5. The molecule has 0 unspecified atom stereocenters. The van der Waals surface area contributed by atoms with Gasteiger partial charge in [0.1, 0.15) is 0 Å².